The first-order chi connectivity index (χ1) is 49.1. The zero-order chi connectivity index (χ0) is 76.9. The maximum Gasteiger partial charge on any atom is 0.417 e. The number of nitrogens with zero attached hydrogens (tertiary/aromatic N) is 10. The largest absolute Gasteiger partial charge is 0.417 e. The summed E-state index contributed by atoms with van der Waals surface area (Å²) in [5, 5.41) is 8.04. The van der Waals surface area contributed by atoms with Crippen molar-refractivity contribution in [1.82, 2.24) is 64.7 Å². The number of likely N-dealkylation sites (N-methyl/N-ethyl adjacent to an activating group) is 8. The zero-order valence-corrected chi connectivity index (χ0v) is 64.2. The van der Waals surface area contributed by atoms with E-state index in [9.17, 15) is 61.1 Å². The number of hydrogen-bond donors (Lipinski definition) is 3. The highest BCUT2D eigenvalue weighted by molar-refractivity contribution is 6.31. The van der Waals surface area contributed by atoms with Gasteiger partial charge in [0.25, 0.3) is 12.4 Å². The first-order valence-electron chi connectivity index (χ1n) is 37.6. The highest BCUT2D eigenvalue weighted by Crippen LogP contribution is 2.36. The molecule has 0 radical (unpaired) electrons. The SMILES string of the molecule is CC[C@H](C)[C@@H]1NC(=O)[C@H](CC(C)C)N(C)C(=O)C[C@@H](C(=O)N2CCCC2)N(C)C(=O)[C@H](C2CCCCC2)N(C)C(=O)CCCCNC(=O)[C@H](CC2C=[N+]=CCC2)N(C)C(=O)[C@H](CCc2ccc(C(F)(F)F)c(Cl)c2)NC(=O)CN(C)C(=O)[C@H](CC2CCCCC2)N(C)C(=O)CN(C)C(=O)CN(C)C1=O. The minimum absolute atomic E-state index is 0.0142. The molecule has 3 N–H and O–H groups in total. The fraction of sp³-hybridized carbons (Fsp3) is 0.733. The van der Waals surface area contributed by atoms with Gasteiger partial charge < -0.3 is 60.0 Å². The van der Waals surface area contributed by atoms with Crippen molar-refractivity contribution in [2.24, 2.45) is 29.6 Å². The molecule has 12 amide bonds. The maximum atomic E-state index is 15.4. The van der Waals surface area contributed by atoms with E-state index >= 15 is 9.59 Å². The monoisotopic (exact) mass is 1480 g/mol. The maximum absolute atomic E-state index is 15.4. The molecule has 0 bridgehead atoms. The second-order valence-electron chi connectivity index (χ2n) is 30.2. The van der Waals surface area contributed by atoms with Crippen LogP contribution in [0.15, 0.2) is 18.2 Å². The van der Waals surface area contributed by atoms with Crippen molar-refractivity contribution in [2.75, 3.05) is 95.6 Å². The Morgan fingerprint density at radius 3 is 1.85 bits per heavy atom. The molecule has 3 aliphatic heterocycles. The molecule has 1 aromatic rings. The number of aryl methyl sites for hydroxylation is 1. The van der Waals surface area contributed by atoms with Gasteiger partial charge in [0.05, 0.1) is 42.6 Å². The Labute approximate surface area is 617 Å². The molecule has 2 saturated carbocycles. The molecule has 0 aromatic heterocycles. The van der Waals surface area contributed by atoms with E-state index in [1.54, 1.807) is 31.3 Å². The summed E-state index contributed by atoms with van der Waals surface area (Å²) in [6, 6.07) is -5.27. The van der Waals surface area contributed by atoms with Crippen molar-refractivity contribution in [2.45, 2.75) is 230 Å². The van der Waals surface area contributed by atoms with Gasteiger partial charge in [-0.25, -0.2) is 0 Å². The Morgan fingerprint density at radius 2 is 1.24 bits per heavy atom. The molecule has 0 spiro atoms. The number of amides is 12. The average molecular weight is 1480 g/mol. The first kappa shape index (κ1) is 85.3. The van der Waals surface area contributed by atoms with Crippen molar-refractivity contribution in [1.29, 1.82) is 0 Å². The molecule has 25 nitrogen and oxygen atoms in total. The Morgan fingerprint density at radius 1 is 0.615 bits per heavy atom. The summed E-state index contributed by atoms with van der Waals surface area (Å²) in [4.78, 5) is 188. The second kappa shape index (κ2) is 40.2. The lowest BCUT2D eigenvalue weighted by molar-refractivity contribution is -0.154. The topological polar surface area (TPSA) is 284 Å². The van der Waals surface area contributed by atoms with Gasteiger partial charge >= 0.3 is 6.18 Å². The molecule has 580 valence electrons. The van der Waals surface area contributed by atoms with Crippen molar-refractivity contribution in [3.63, 3.8) is 0 Å². The fourth-order valence-corrected chi connectivity index (χ4v) is 15.3. The van der Waals surface area contributed by atoms with E-state index in [0.29, 0.717) is 63.6 Å². The molecular weight excluding hydrogens is 1370 g/mol. The molecule has 2 aliphatic carbocycles. The van der Waals surface area contributed by atoms with Gasteiger partial charge in [0.15, 0.2) is 0 Å². The second-order valence-corrected chi connectivity index (χ2v) is 30.6. The third-order valence-corrected chi connectivity index (χ3v) is 22.2. The van der Waals surface area contributed by atoms with E-state index in [1.165, 1.54) is 79.9 Å². The molecule has 1 aromatic carbocycles. The summed E-state index contributed by atoms with van der Waals surface area (Å²) in [7, 11) is 11.5. The molecule has 2 saturated heterocycles. The Hall–Kier alpha value is -7.61. The Balaban J connectivity index is 1.37. The first-order valence-corrected chi connectivity index (χ1v) is 37.9. The van der Waals surface area contributed by atoms with Crippen molar-refractivity contribution < 1.29 is 70.7 Å². The van der Waals surface area contributed by atoms with E-state index < -0.39 is 156 Å². The van der Waals surface area contributed by atoms with Gasteiger partial charge in [0.2, 0.25) is 70.9 Å². The number of carbonyl (C=O) groups excluding carboxylic acids is 12. The molecule has 9 atom stereocenters. The summed E-state index contributed by atoms with van der Waals surface area (Å²) in [6.45, 7) is 6.52. The zero-order valence-electron chi connectivity index (χ0n) is 63.4. The van der Waals surface area contributed by atoms with Crippen LogP contribution in [0.3, 0.4) is 0 Å². The van der Waals surface area contributed by atoms with Crippen LogP contribution in [0.4, 0.5) is 13.2 Å². The van der Waals surface area contributed by atoms with Crippen LogP contribution in [0.2, 0.25) is 5.02 Å². The average Bonchev–Trinajstić information content (AvgIpc) is 0.929. The summed E-state index contributed by atoms with van der Waals surface area (Å²) in [5.74, 6) is -8.46. The summed E-state index contributed by atoms with van der Waals surface area (Å²) < 4.78 is 45.9. The number of alkyl halides is 3. The van der Waals surface area contributed by atoms with Gasteiger partial charge in [-0.2, -0.15) is 13.2 Å². The minimum Gasteiger partial charge on any atom is -0.354 e. The predicted octanol–water partition coefficient (Wildman–Crippen LogP) is 5.74. The van der Waals surface area contributed by atoms with E-state index in [1.807, 2.05) is 20.8 Å². The lowest BCUT2D eigenvalue weighted by atomic mass is 9.82. The molecule has 3 heterocycles. The third kappa shape index (κ3) is 24.0. The van der Waals surface area contributed by atoms with Gasteiger partial charge in [-0.15, -0.1) is 4.67 Å². The Bertz CT molecular complexity index is 3240. The van der Waals surface area contributed by atoms with Crippen molar-refractivity contribution >= 4 is 94.9 Å². The van der Waals surface area contributed by atoms with Crippen LogP contribution in [0.1, 0.15) is 187 Å². The van der Waals surface area contributed by atoms with Crippen LogP contribution in [0, 0.1) is 29.6 Å². The van der Waals surface area contributed by atoms with E-state index in [-0.39, 0.29) is 87.5 Å². The molecule has 29 heteroatoms. The highest BCUT2D eigenvalue weighted by Gasteiger charge is 2.45. The molecule has 1 unspecified atom stereocenters. The molecule has 4 fully saturated rings. The number of nitrogens with one attached hydrogen (secondary N) is 3. The van der Waals surface area contributed by atoms with Crippen LogP contribution in [-0.4, -0.2) is 265 Å². The van der Waals surface area contributed by atoms with Crippen LogP contribution in [-0.2, 0) is 70.1 Å². The van der Waals surface area contributed by atoms with Crippen LogP contribution in [0.25, 0.3) is 0 Å². The number of halogens is 4. The van der Waals surface area contributed by atoms with Crippen LogP contribution >= 0.6 is 11.6 Å². The normalized spacial score (nSPS) is 26.2. The van der Waals surface area contributed by atoms with Crippen LogP contribution in [0.5, 0.6) is 0 Å². The van der Waals surface area contributed by atoms with Gasteiger partial charge in [0.1, 0.15) is 42.3 Å². The van der Waals surface area contributed by atoms with Gasteiger partial charge in [0, 0.05) is 88.9 Å². The smallest absolute Gasteiger partial charge is 0.354 e. The van der Waals surface area contributed by atoms with E-state index in [2.05, 4.69) is 20.6 Å². The van der Waals surface area contributed by atoms with Gasteiger partial charge in [-0.3, -0.25) is 57.5 Å². The number of carbonyl (C=O) groups is 12. The van der Waals surface area contributed by atoms with Crippen molar-refractivity contribution in [3.8, 4) is 0 Å². The van der Waals surface area contributed by atoms with E-state index in [4.69, 9.17) is 11.6 Å². The summed E-state index contributed by atoms with van der Waals surface area (Å²) in [5.41, 5.74) is -0.763. The van der Waals surface area contributed by atoms with Gasteiger partial charge in [-0.1, -0.05) is 103 Å². The third-order valence-electron chi connectivity index (χ3n) is 21.9. The minimum atomic E-state index is -4.76. The summed E-state index contributed by atoms with van der Waals surface area (Å²) in [6.07, 6.45) is 9.97. The number of likely N-dealkylation sites (tertiary alicyclic amines) is 1. The fourth-order valence-electron chi connectivity index (χ4n) is 15.0. The predicted molar refractivity (Wildman–Crippen MR) is 390 cm³/mol. The van der Waals surface area contributed by atoms with Gasteiger partial charge in [-0.05, 0) is 118 Å². The van der Waals surface area contributed by atoms with Crippen molar-refractivity contribution in [3.05, 3.63) is 34.3 Å². The number of benzene rings is 1. The standard InChI is InChI=1S/C75H115ClF3N13O12/c1-13-49(4)66-73(103)86(7)46-64(96)84(5)47-65(97)88(9)59(41-50-25-16-14-17-26-50)71(101)85(6)45-61(93)82-56(34-32-51-31-33-54(55(76)40-51)75(77,78)79)70(100)89(10)58(42-52-27-24-35-80-44-52)68(98)81-36-21-20-30-62(94)91(12)67(53-28-18-15-19-29-53)74(104)90(11)60(72(102)92-37-22-23-38-92)43-63(95)87(8)57(39-48(2)3)69(99)83-66/h31,33,35,40,44,48-50,52-53,56-60,66-67H,13-30,32,34,36-39,41-43,45-47H2,1-12H3,(H2-,81,82,83,93,98,99)/p+1/t49-,52?,56-,57-,58-,59-,60-,66-,67-/m0/s1. The molecule has 104 heavy (non-hydrogen) atoms. The summed E-state index contributed by atoms with van der Waals surface area (Å²) >= 11 is 6.16. The molecular formula is C75H116ClF3N13O12+. The Kier molecular flexibility index (Phi) is 33.0. The van der Waals surface area contributed by atoms with Crippen LogP contribution < -0.4 is 20.6 Å². The van der Waals surface area contributed by atoms with E-state index in [0.717, 1.165) is 78.2 Å². The number of hydrogen-bond acceptors (Lipinski definition) is 12. The lowest BCUT2D eigenvalue weighted by Crippen LogP contribution is -2.59. The lowest BCUT2D eigenvalue weighted by Gasteiger charge is -2.40. The quantitative estimate of drug-likeness (QED) is 0.200. The molecule has 6 rings (SSSR count). The molecule has 5 aliphatic rings. The highest BCUT2D eigenvalue weighted by atomic mass is 35.5. The number of rotatable bonds is 13.